The van der Waals surface area contributed by atoms with E-state index < -0.39 is 0 Å². The molecule has 0 aromatic heterocycles. The SMILES string of the molecule is CCOCC(=N)CC(=O)OCC. The third-order valence-corrected chi connectivity index (χ3v) is 1.14. The van der Waals surface area contributed by atoms with Gasteiger partial charge in [0.1, 0.15) is 0 Å². The molecule has 0 unspecified atom stereocenters. The van der Waals surface area contributed by atoms with Crippen LogP contribution in [0.1, 0.15) is 20.3 Å². The zero-order valence-electron chi connectivity index (χ0n) is 7.55. The van der Waals surface area contributed by atoms with Gasteiger partial charge in [-0.15, -0.1) is 0 Å². The summed E-state index contributed by atoms with van der Waals surface area (Å²) in [7, 11) is 0. The zero-order valence-corrected chi connectivity index (χ0v) is 7.55. The summed E-state index contributed by atoms with van der Waals surface area (Å²) in [4.78, 5) is 10.8. The fourth-order valence-electron chi connectivity index (χ4n) is 0.663. The van der Waals surface area contributed by atoms with E-state index in [1.807, 2.05) is 6.92 Å². The molecule has 0 saturated heterocycles. The van der Waals surface area contributed by atoms with Crippen LogP contribution >= 0.6 is 0 Å². The normalized spacial score (nSPS) is 9.50. The number of carbonyl (C=O) groups excluding carboxylic acids is 1. The second-order valence-electron chi connectivity index (χ2n) is 2.22. The maximum Gasteiger partial charge on any atom is 0.311 e. The van der Waals surface area contributed by atoms with Crippen LogP contribution in [0.3, 0.4) is 0 Å². The van der Waals surface area contributed by atoms with Crippen molar-refractivity contribution in [1.82, 2.24) is 0 Å². The molecule has 0 atom stereocenters. The average Bonchev–Trinajstić information content (AvgIpc) is 2.01. The fraction of sp³-hybridized carbons (Fsp3) is 0.750. The van der Waals surface area contributed by atoms with Gasteiger partial charge in [0.15, 0.2) is 0 Å². The highest BCUT2D eigenvalue weighted by Crippen LogP contribution is 1.90. The molecule has 0 aromatic rings. The molecule has 4 nitrogen and oxygen atoms in total. The van der Waals surface area contributed by atoms with Crippen molar-refractivity contribution in [3.8, 4) is 0 Å². The largest absolute Gasteiger partial charge is 0.466 e. The van der Waals surface area contributed by atoms with Crippen LogP contribution in [0.5, 0.6) is 0 Å². The van der Waals surface area contributed by atoms with Crippen LogP contribution in [0.4, 0.5) is 0 Å². The van der Waals surface area contributed by atoms with Crippen LogP contribution < -0.4 is 0 Å². The Labute approximate surface area is 72.4 Å². The topological polar surface area (TPSA) is 59.4 Å². The first-order valence-corrected chi connectivity index (χ1v) is 4.00. The number of hydrogen-bond donors (Lipinski definition) is 1. The molecular formula is C8H15NO3. The van der Waals surface area contributed by atoms with Gasteiger partial charge in [-0.05, 0) is 13.8 Å². The molecule has 0 saturated carbocycles. The minimum Gasteiger partial charge on any atom is -0.466 e. The van der Waals surface area contributed by atoms with Crippen LogP contribution in [0, 0.1) is 5.41 Å². The van der Waals surface area contributed by atoms with Crippen molar-refractivity contribution in [2.24, 2.45) is 0 Å². The summed E-state index contributed by atoms with van der Waals surface area (Å²) < 4.78 is 9.60. The molecule has 0 heterocycles. The molecule has 0 aromatic carbocycles. The van der Waals surface area contributed by atoms with E-state index in [4.69, 9.17) is 10.1 Å². The van der Waals surface area contributed by atoms with Crippen LogP contribution in [0.2, 0.25) is 0 Å². The molecule has 0 aliphatic heterocycles. The third-order valence-electron chi connectivity index (χ3n) is 1.14. The molecule has 70 valence electrons. The summed E-state index contributed by atoms with van der Waals surface area (Å²) >= 11 is 0. The van der Waals surface area contributed by atoms with E-state index in [1.54, 1.807) is 6.92 Å². The number of nitrogens with one attached hydrogen (secondary N) is 1. The molecule has 0 amide bonds. The van der Waals surface area contributed by atoms with Crippen molar-refractivity contribution >= 4 is 11.7 Å². The molecule has 0 aliphatic rings. The van der Waals surface area contributed by atoms with Gasteiger partial charge < -0.3 is 14.9 Å². The Morgan fingerprint density at radius 2 is 2.00 bits per heavy atom. The Morgan fingerprint density at radius 1 is 1.33 bits per heavy atom. The lowest BCUT2D eigenvalue weighted by Crippen LogP contribution is -2.15. The Morgan fingerprint density at radius 3 is 2.50 bits per heavy atom. The molecule has 0 aliphatic carbocycles. The smallest absolute Gasteiger partial charge is 0.311 e. The van der Waals surface area contributed by atoms with Gasteiger partial charge in [0.2, 0.25) is 0 Å². The van der Waals surface area contributed by atoms with Crippen LogP contribution in [0.15, 0.2) is 0 Å². The molecule has 1 N–H and O–H groups in total. The van der Waals surface area contributed by atoms with E-state index in [0.717, 1.165) is 0 Å². The fourth-order valence-corrected chi connectivity index (χ4v) is 0.663. The average molecular weight is 173 g/mol. The maximum atomic E-state index is 10.8. The summed E-state index contributed by atoms with van der Waals surface area (Å²) in [5, 5.41) is 7.27. The zero-order chi connectivity index (χ0) is 9.40. The van der Waals surface area contributed by atoms with E-state index in [9.17, 15) is 4.79 Å². The van der Waals surface area contributed by atoms with E-state index in [2.05, 4.69) is 4.74 Å². The quantitative estimate of drug-likeness (QED) is 0.481. The lowest BCUT2D eigenvalue weighted by molar-refractivity contribution is -0.141. The Hall–Kier alpha value is -0.900. The van der Waals surface area contributed by atoms with Crippen LogP contribution in [-0.4, -0.2) is 31.5 Å². The van der Waals surface area contributed by atoms with E-state index in [-0.39, 0.29) is 24.7 Å². The van der Waals surface area contributed by atoms with Crippen LogP contribution in [0.25, 0.3) is 0 Å². The number of hydrogen-bond acceptors (Lipinski definition) is 4. The lowest BCUT2D eigenvalue weighted by Gasteiger charge is -2.03. The molecule has 0 bridgehead atoms. The van der Waals surface area contributed by atoms with Gasteiger partial charge in [0.25, 0.3) is 0 Å². The van der Waals surface area contributed by atoms with Crippen molar-refractivity contribution in [3.63, 3.8) is 0 Å². The van der Waals surface area contributed by atoms with Crippen molar-refractivity contribution < 1.29 is 14.3 Å². The summed E-state index contributed by atoms with van der Waals surface area (Å²) in [5.74, 6) is -0.359. The van der Waals surface area contributed by atoms with Gasteiger partial charge in [-0.2, -0.15) is 0 Å². The Bertz CT molecular complexity index is 156. The van der Waals surface area contributed by atoms with Crippen molar-refractivity contribution in [3.05, 3.63) is 0 Å². The maximum absolute atomic E-state index is 10.8. The molecule has 0 fully saturated rings. The molecular weight excluding hydrogens is 158 g/mol. The predicted octanol–water partition coefficient (Wildman–Crippen LogP) is 0.996. The van der Waals surface area contributed by atoms with Crippen molar-refractivity contribution in [1.29, 1.82) is 5.41 Å². The summed E-state index contributed by atoms with van der Waals surface area (Å²) in [6, 6.07) is 0. The van der Waals surface area contributed by atoms with E-state index >= 15 is 0 Å². The second-order valence-corrected chi connectivity index (χ2v) is 2.22. The highest BCUT2D eigenvalue weighted by atomic mass is 16.5. The highest BCUT2D eigenvalue weighted by Gasteiger charge is 2.05. The van der Waals surface area contributed by atoms with Crippen molar-refractivity contribution in [2.75, 3.05) is 19.8 Å². The van der Waals surface area contributed by atoms with E-state index in [0.29, 0.717) is 13.2 Å². The summed E-state index contributed by atoms with van der Waals surface area (Å²) in [6.45, 7) is 4.73. The van der Waals surface area contributed by atoms with Gasteiger partial charge in [0.05, 0.1) is 19.6 Å². The molecule has 0 radical (unpaired) electrons. The monoisotopic (exact) mass is 173 g/mol. The second kappa shape index (κ2) is 6.79. The molecule has 4 heteroatoms. The third kappa shape index (κ3) is 5.85. The highest BCUT2D eigenvalue weighted by molar-refractivity contribution is 5.97. The number of esters is 1. The number of ether oxygens (including phenoxy) is 2. The van der Waals surface area contributed by atoms with E-state index in [1.165, 1.54) is 0 Å². The first-order valence-electron chi connectivity index (χ1n) is 4.00. The molecule has 12 heavy (non-hydrogen) atoms. The first-order chi connectivity index (χ1) is 5.70. The van der Waals surface area contributed by atoms with Gasteiger partial charge in [-0.1, -0.05) is 0 Å². The minimum absolute atomic E-state index is 0.0356. The number of carbonyl (C=O) groups is 1. The van der Waals surface area contributed by atoms with Gasteiger partial charge in [0, 0.05) is 12.3 Å². The van der Waals surface area contributed by atoms with Gasteiger partial charge >= 0.3 is 5.97 Å². The molecule has 0 rings (SSSR count). The Kier molecular flexibility index (Phi) is 6.28. The Balaban J connectivity index is 3.47. The van der Waals surface area contributed by atoms with Crippen LogP contribution in [-0.2, 0) is 14.3 Å². The van der Waals surface area contributed by atoms with Gasteiger partial charge in [-0.25, -0.2) is 0 Å². The number of rotatable bonds is 6. The molecule has 0 spiro atoms. The lowest BCUT2D eigenvalue weighted by atomic mass is 10.3. The predicted molar refractivity (Wildman–Crippen MR) is 45.5 cm³/mol. The standard InChI is InChI=1S/C8H15NO3/c1-3-11-6-7(9)5-8(10)12-4-2/h9H,3-6H2,1-2H3. The summed E-state index contributed by atoms with van der Waals surface area (Å²) in [6.07, 6.45) is 0.0356. The minimum atomic E-state index is -0.359. The summed E-state index contributed by atoms with van der Waals surface area (Å²) in [5.41, 5.74) is 0.260. The van der Waals surface area contributed by atoms with Crippen molar-refractivity contribution in [2.45, 2.75) is 20.3 Å². The first kappa shape index (κ1) is 11.1. The van der Waals surface area contributed by atoms with Gasteiger partial charge in [-0.3, -0.25) is 4.79 Å².